The number of aromatic nitrogens is 5. The van der Waals surface area contributed by atoms with Gasteiger partial charge in [0, 0.05) is 53.1 Å². The molecular formula is C20H20N8O2S2. The fourth-order valence-corrected chi connectivity index (χ4v) is 4.67. The Morgan fingerprint density at radius 2 is 1.81 bits per heavy atom. The molecule has 4 heterocycles. The number of nitrogens with two attached hydrogens (primary N) is 1. The van der Waals surface area contributed by atoms with Gasteiger partial charge >= 0.3 is 0 Å². The van der Waals surface area contributed by atoms with Gasteiger partial charge in [0.05, 0.1) is 18.8 Å². The van der Waals surface area contributed by atoms with E-state index in [2.05, 4.69) is 20.2 Å². The van der Waals surface area contributed by atoms with Crippen molar-refractivity contribution >= 4 is 55.1 Å². The van der Waals surface area contributed by atoms with Gasteiger partial charge in [0.25, 0.3) is 0 Å². The standard InChI is InChI=1S/C20H20N8O2S2/c1-32(29)14-4-2-13(3-5-14)24-20-25-15-17(28-6-8-30-9-7-28)26-16(27-18(15)31-20)12-10-22-19(21)23-11-12/h2-5,10-11H,6-9H2,1H3,(H,24,25)(H2,21,22,23). The smallest absolute Gasteiger partial charge is 0.219 e. The molecular weight excluding hydrogens is 448 g/mol. The minimum atomic E-state index is -1.02. The molecule has 3 N–H and O–H groups in total. The van der Waals surface area contributed by atoms with Crippen LogP contribution in [0.15, 0.2) is 41.6 Å². The largest absolute Gasteiger partial charge is 0.378 e. The summed E-state index contributed by atoms with van der Waals surface area (Å²) in [6.45, 7) is 2.71. The Hall–Kier alpha value is -3.22. The van der Waals surface area contributed by atoms with Crippen LogP contribution in [0.1, 0.15) is 0 Å². The topological polar surface area (TPSA) is 132 Å². The van der Waals surface area contributed by atoms with Crippen LogP contribution in [0.25, 0.3) is 21.7 Å². The number of hydrogen-bond acceptors (Lipinski definition) is 11. The van der Waals surface area contributed by atoms with E-state index in [4.69, 9.17) is 25.4 Å². The van der Waals surface area contributed by atoms with Gasteiger partial charge < -0.3 is 20.7 Å². The molecule has 0 saturated carbocycles. The van der Waals surface area contributed by atoms with E-state index in [1.54, 1.807) is 18.6 Å². The lowest BCUT2D eigenvalue weighted by atomic mass is 10.3. The van der Waals surface area contributed by atoms with E-state index in [0.717, 1.165) is 39.8 Å². The first kappa shape index (κ1) is 20.7. The monoisotopic (exact) mass is 468 g/mol. The molecule has 0 radical (unpaired) electrons. The molecule has 1 atom stereocenters. The van der Waals surface area contributed by atoms with Crippen molar-refractivity contribution in [2.24, 2.45) is 0 Å². The quantitative estimate of drug-likeness (QED) is 0.450. The minimum absolute atomic E-state index is 0.199. The van der Waals surface area contributed by atoms with Gasteiger partial charge in [0.15, 0.2) is 21.6 Å². The Morgan fingerprint density at radius 3 is 2.50 bits per heavy atom. The van der Waals surface area contributed by atoms with E-state index in [-0.39, 0.29) is 5.95 Å². The van der Waals surface area contributed by atoms with Crippen LogP contribution < -0.4 is 16.0 Å². The van der Waals surface area contributed by atoms with Crippen molar-refractivity contribution in [2.75, 3.05) is 48.5 Å². The highest BCUT2D eigenvalue weighted by molar-refractivity contribution is 7.84. The van der Waals surface area contributed by atoms with Crippen LogP contribution in [0, 0.1) is 0 Å². The SMILES string of the molecule is CS(=O)c1ccc(Nc2nc3c(N4CCOCC4)nc(-c4cnc(N)nc4)nc3s2)cc1. The van der Waals surface area contributed by atoms with Crippen LogP contribution in [0.2, 0.25) is 0 Å². The van der Waals surface area contributed by atoms with Gasteiger partial charge in [0.2, 0.25) is 5.95 Å². The van der Waals surface area contributed by atoms with Crippen molar-refractivity contribution in [3.63, 3.8) is 0 Å². The lowest BCUT2D eigenvalue weighted by molar-refractivity contribution is 0.122. The molecule has 1 unspecified atom stereocenters. The summed E-state index contributed by atoms with van der Waals surface area (Å²) in [5, 5.41) is 4.01. The average molecular weight is 469 g/mol. The number of thiazole rings is 1. The fourth-order valence-electron chi connectivity index (χ4n) is 3.29. The summed E-state index contributed by atoms with van der Waals surface area (Å²) >= 11 is 1.44. The summed E-state index contributed by atoms with van der Waals surface area (Å²) in [6.07, 6.45) is 4.89. The Balaban J connectivity index is 1.54. The van der Waals surface area contributed by atoms with E-state index < -0.39 is 10.8 Å². The summed E-state index contributed by atoms with van der Waals surface area (Å²) in [5.74, 6) is 1.47. The summed E-state index contributed by atoms with van der Waals surface area (Å²) in [7, 11) is -1.02. The molecule has 1 aliphatic heterocycles. The maximum atomic E-state index is 11.6. The van der Waals surface area contributed by atoms with Crippen LogP contribution in [0.5, 0.6) is 0 Å². The maximum Gasteiger partial charge on any atom is 0.219 e. The van der Waals surface area contributed by atoms with Gasteiger partial charge in [-0.05, 0) is 24.3 Å². The van der Waals surface area contributed by atoms with E-state index in [1.807, 2.05) is 24.3 Å². The van der Waals surface area contributed by atoms with Gasteiger partial charge in [-0.25, -0.2) is 24.9 Å². The van der Waals surface area contributed by atoms with Crippen molar-refractivity contribution in [3.05, 3.63) is 36.7 Å². The molecule has 0 aliphatic carbocycles. The van der Waals surface area contributed by atoms with Crippen molar-refractivity contribution in [2.45, 2.75) is 4.90 Å². The van der Waals surface area contributed by atoms with E-state index in [0.29, 0.717) is 29.7 Å². The van der Waals surface area contributed by atoms with Crippen molar-refractivity contribution in [1.29, 1.82) is 0 Å². The average Bonchev–Trinajstić information content (AvgIpc) is 3.22. The summed E-state index contributed by atoms with van der Waals surface area (Å²) < 4.78 is 17.1. The number of morpholine rings is 1. The summed E-state index contributed by atoms with van der Waals surface area (Å²) in [6, 6.07) is 7.44. The number of hydrogen-bond donors (Lipinski definition) is 2. The third-order valence-corrected chi connectivity index (χ3v) is 6.72. The second-order valence-corrected chi connectivity index (χ2v) is 9.43. The first-order valence-corrected chi connectivity index (χ1v) is 12.2. The van der Waals surface area contributed by atoms with Crippen molar-refractivity contribution in [3.8, 4) is 11.4 Å². The van der Waals surface area contributed by atoms with Gasteiger partial charge in [-0.15, -0.1) is 0 Å². The Morgan fingerprint density at radius 1 is 1.09 bits per heavy atom. The normalized spacial score (nSPS) is 15.1. The number of nitrogens with one attached hydrogen (secondary N) is 1. The van der Waals surface area contributed by atoms with E-state index in [1.165, 1.54) is 11.3 Å². The van der Waals surface area contributed by atoms with Gasteiger partial charge in [0.1, 0.15) is 5.52 Å². The number of nitrogens with zero attached hydrogens (tertiary/aromatic N) is 6. The molecule has 1 fully saturated rings. The van der Waals surface area contributed by atoms with Gasteiger partial charge in [-0.2, -0.15) is 0 Å². The number of benzene rings is 1. The fraction of sp³-hybridized carbons (Fsp3) is 0.250. The number of anilines is 4. The zero-order valence-electron chi connectivity index (χ0n) is 17.2. The molecule has 1 saturated heterocycles. The number of ether oxygens (including phenoxy) is 1. The van der Waals surface area contributed by atoms with Crippen molar-refractivity contribution < 1.29 is 8.95 Å². The molecule has 32 heavy (non-hydrogen) atoms. The molecule has 0 spiro atoms. The summed E-state index contributed by atoms with van der Waals surface area (Å²) in [4.78, 5) is 26.1. The van der Waals surface area contributed by atoms with E-state index >= 15 is 0 Å². The zero-order valence-corrected chi connectivity index (χ0v) is 18.8. The maximum absolute atomic E-state index is 11.6. The highest BCUT2D eigenvalue weighted by Crippen LogP contribution is 2.34. The zero-order chi connectivity index (χ0) is 22.1. The highest BCUT2D eigenvalue weighted by Gasteiger charge is 2.21. The second-order valence-electron chi connectivity index (χ2n) is 7.08. The third-order valence-electron chi connectivity index (χ3n) is 4.92. The molecule has 12 heteroatoms. The molecule has 1 aromatic carbocycles. The molecule has 0 bridgehead atoms. The molecule has 164 valence electrons. The van der Waals surface area contributed by atoms with Crippen LogP contribution >= 0.6 is 11.3 Å². The lowest BCUT2D eigenvalue weighted by Gasteiger charge is -2.28. The van der Waals surface area contributed by atoms with Gasteiger partial charge in [-0.3, -0.25) is 4.21 Å². The highest BCUT2D eigenvalue weighted by atomic mass is 32.2. The molecule has 5 rings (SSSR count). The third kappa shape index (κ3) is 4.24. The Bertz CT molecular complexity index is 1270. The number of fused-ring (bicyclic) bond motifs is 1. The molecule has 3 aromatic heterocycles. The molecule has 0 amide bonds. The predicted molar refractivity (Wildman–Crippen MR) is 126 cm³/mol. The van der Waals surface area contributed by atoms with Crippen LogP contribution in [-0.2, 0) is 15.5 Å². The van der Waals surface area contributed by atoms with Gasteiger partial charge in [-0.1, -0.05) is 11.3 Å². The number of nitrogen functional groups attached to an aromatic ring is 1. The Labute approximate surface area is 190 Å². The minimum Gasteiger partial charge on any atom is -0.378 e. The molecule has 10 nitrogen and oxygen atoms in total. The predicted octanol–water partition coefficient (Wildman–Crippen LogP) is 2.44. The summed E-state index contributed by atoms with van der Waals surface area (Å²) in [5.41, 5.74) is 7.89. The molecule has 1 aliphatic rings. The van der Waals surface area contributed by atoms with Crippen LogP contribution in [0.4, 0.5) is 22.6 Å². The Kier molecular flexibility index (Phi) is 5.64. The first-order chi connectivity index (χ1) is 15.6. The van der Waals surface area contributed by atoms with E-state index in [9.17, 15) is 4.21 Å². The molecule has 4 aromatic rings. The van der Waals surface area contributed by atoms with Crippen LogP contribution in [-0.4, -0.2) is 61.7 Å². The van der Waals surface area contributed by atoms with Crippen LogP contribution in [0.3, 0.4) is 0 Å². The van der Waals surface area contributed by atoms with Crippen molar-refractivity contribution in [1.82, 2.24) is 24.9 Å². The first-order valence-electron chi connectivity index (χ1n) is 9.86. The number of rotatable bonds is 5. The lowest BCUT2D eigenvalue weighted by Crippen LogP contribution is -2.37. The second kappa shape index (κ2) is 8.73.